The van der Waals surface area contributed by atoms with Crippen LogP contribution in [0.3, 0.4) is 0 Å². The highest BCUT2D eigenvalue weighted by Gasteiger charge is 2.07. The molecule has 2 N–H and O–H groups in total. The van der Waals surface area contributed by atoms with Crippen molar-refractivity contribution in [2.24, 2.45) is 0 Å². The summed E-state index contributed by atoms with van der Waals surface area (Å²) < 4.78 is 0. The fourth-order valence-electron chi connectivity index (χ4n) is 2.16. The number of benzene rings is 1. The second kappa shape index (κ2) is 5.17. The fourth-order valence-corrected chi connectivity index (χ4v) is 2.16. The summed E-state index contributed by atoms with van der Waals surface area (Å²) in [5.74, 6) is -0.0912. The van der Waals surface area contributed by atoms with Crippen LogP contribution in [0.25, 0.3) is 10.9 Å². The Bertz CT molecular complexity index is 761. The number of nitrogens with zero attached hydrogens (tertiary/aromatic N) is 1. The Balaban J connectivity index is 1.74. The first kappa shape index (κ1) is 12.4. The van der Waals surface area contributed by atoms with Crippen molar-refractivity contribution in [2.45, 2.75) is 13.5 Å². The average Bonchev–Trinajstić information content (AvgIpc) is 2.93. The smallest absolute Gasteiger partial charge is 0.251 e. The van der Waals surface area contributed by atoms with E-state index in [-0.39, 0.29) is 5.91 Å². The normalized spacial score (nSPS) is 10.7. The molecule has 0 spiro atoms. The van der Waals surface area contributed by atoms with Gasteiger partial charge in [-0.3, -0.25) is 9.78 Å². The highest BCUT2D eigenvalue weighted by molar-refractivity contribution is 5.97. The van der Waals surface area contributed by atoms with Gasteiger partial charge in [0.1, 0.15) is 0 Å². The van der Waals surface area contributed by atoms with Crippen LogP contribution in [-0.2, 0) is 6.54 Å². The van der Waals surface area contributed by atoms with Crippen molar-refractivity contribution in [1.29, 1.82) is 0 Å². The molecule has 100 valence electrons. The Hall–Kier alpha value is -2.62. The lowest BCUT2D eigenvalue weighted by atomic mass is 10.1. The first-order chi connectivity index (χ1) is 9.74. The molecular formula is C16H15N3O. The summed E-state index contributed by atoms with van der Waals surface area (Å²) >= 11 is 0. The van der Waals surface area contributed by atoms with Crippen LogP contribution in [0, 0.1) is 6.92 Å². The molecule has 2 aromatic heterocycles. The zero-order chi connectivity index (χ0) is 13.9. The van der Waals surface area contributed by atoms with Gasteiger partial charge in [0.15, 0.2) is 0 Å². The number of rotatable bonds is 3. The Morgan fingerprint density at radius 1 is 1.30 bits per heavy atom. The number of hydrogen-bond acceptors (Lipinski definition) is 2. The van der Waals surface area contributed by atoms with E-state index in [1.165, 1.54) is 0 Å². The molecule has 4 heteroatoms. The number of hydrogen-bond donors (Lipinski definition) is 2. The molecule has 0 atom stereocenters. The molecule has 1 aromatic carbocycles. The van der Waals surface area contributed by atoms with Gasteiger partial charge in [-0.15, -0.1) is 0 Å². The van der Waals surface area contributed by atoms with E-state index < -0.39 is 0 Å². The molecular weight excluding hydrogens is 250 g/mol. The summed E-state index contributed by atoms with van der Waals surface area (Å²) in [7, 11) is 0. The van der Waals surface area contributed by atoms with E-state index in [2.05, 4.69) is 15.3 Å². The van der Waals surface area contributed by atoms with Crippen molar-refractivity contribution in [3.8, 4) is 0 Å². The van der Waals surface area contributed by atoms with E-state index >= 15 is 0 Å². The highest BCUT2D eigenvalue weighted by atomic mass is 16.1. The maximum absolute atomic E-state index is 12.1. The lowest BCUT2D eigenvalue weighted by molar-refractivity contribution is 0.0950. The lowest BCUT2D eigenvalue weighted by Crippen LogP contribution is -2.23. The number of amides is 1. The number of aromatic amines is 1. The van der Waals surface area contributed by atoms with Gasteiger partial charge in [-0.05, 0) is 42.1 Å². The van der Waals surface area contributed by atoms with Crippen LogP contribution >= 0.6 is 0 Å². The van der Waals surface area contributed by atoms with Crippen molar-refractivity contribution in [3.63, 3.8) is 0 Å². The van der Waals surface area contributed by atoms with Crippen molar-refractivity contribution in [3.05, 3.63) is 65.6 Å². The van der Waals surface area contributed by atoms with E-state index in [1.54, 1.807) is 6.20 Å². The van der Waals surface area contributed by atoms with Gasteiger partial charge in [0, 0.05) is 23.5 Å². The molecule has 0 bridgehead atoms. The van der Waals surface area contributed by atoms with Gasteiger partial charge < -0.3 is 10.3 Å². The number of aromatic nitrogens is 2. The summed E-state index contributed by atoms with van der Waals surface area (Å²) in [4.78, 5) is 19.5. The first-order valence-electron chi connectivity index (χ1n) is 6.50. The molecule has 0 saturated heterocycles. The minimum Gasteiger partial charge on any atom is -0.361 e. The quantitative estimate of drug-likeness (QED) is 0.765. The second-order valence-corrected chi connectivity index (χ2v) is 4.73. The summed E-state index contributed by atoms with van der Waals surface area (Å²) in [6.07, 6.45) is 3.60. The predicted molar refractivity (Wildman–Crippen MR) is 78.4 cm³/mol. The van der Waals surface area contributed by atoms with Crippen LogP contribution in [0.1, 0.15) is 21.6 Å². The van der Waals surface area contributed by atoms with Gasteiger partial charge in [-0.1, -0.05) is 12.1 Å². The van der Waals surface area contributed by atoms with Gasteiger partial charge in [0.2, 0.25) is 0 Å². The van der Waals surface area contributed by atoms with Crippen molar-refractivity contribution in [2.75, 3.05) is 0 Å². The topological polar surface area (TPSA) is 57.8 Å². The zero-order valence-electron chi connectivity index (χ0n) is 11.2. The number of fused-ring (bicyclic) bond motifs is 1. The number of aryl methyl sites for hydroxylation is 1. The van der Waals surface area contributed by atoms with Crippen LogP contribution in [0.4, 0.5) is 0 Å². The van der Waals surface area contributed by atoms with Crippen LogP contribution in [0.5, 0.6) is 0 Å². The standard InChI is InChI=1S/C16H15N3O/c1-11-3-2-7-17-15(11)10-19-16(20)13-5-4-12-6-8-18-14(12)9-13/h2-9,18H,10H2,1H3,(H,19,20). The average molecular weight is 265 g/mol. The van der Waals surface area contributed by atoms with Crippen LogP contribution in [0.2, 0.25) is 0 Å². The van der Waals surface area contributed by atoms with Crippen molar-refractivity contribution < 1.29 is 4.79 Å². The molecule has 3 aromatic rings. The van der Waals surface area contributed by atoms with Crippen LogP contribution in [-0.4, -0.2) is 15.9 Å². The SMILES string of the molecule is Cc1cccnc1CNC(=O)c1ccc2cc[nH]c2c1. The second-order valence-electron chi connectivity index (χ2n) is 4.73. The van der Waals surface area contributed by atoms with E-state index in [9.17, 15) is 4.79 Å². The van der Waals surface area contributed by atoms with Crippen molar-refractivity contribution >= 4 is 16.8 Å². The number of H-pyrrole nitrogens is 1. The van der Waals surface area contributed by atoms with Gasteiger partial charge in [0.25, 0.3) is 5.91 Å². The number of carbonyl (C=O) groups excluding carboxylic acids is 1. The Morgan fingerprint density at radius 2 is 2.20 bits per heavy atom. The maximum Gasteiger partial charge on any atom is 0.251 e. The summed E-state index contributed by atoms with van der Waals surface area (Å²) in [5, 5.41) is 4.00. The number of carbonyl (C=O) groups is 1. The number of pyridine rings is 1. The van der Waals surface area contributed by atoms with Crippen LogP contribution in [0.15, 0.2) is 48.8 Å². The van der Waals surface area contributed by atoms with Gasteiger partial charge in [-0.2, -0.15) is 0 Å². The third-order valence-electron chi connectivity index (χ3n) is 3.35. The fraction of sp³-hybridized carbons (Fsp3) is 0.125. The lowest BCUT2D eigenvalue weighted by Gasteiger charge is -2.07. The summed E-state index contributed by atoms with van der Waals surface area (Å²) in [5.41, 5.74) is 3.58. The summed E-state index contributed by atoms with van der Waals surface area (Å²) in [6.45, 7) is 2.42. The maximum atomic E-state index is 12.1. The molecule has 0 saturated carbocycles. The molecule has 1 amide bonds. The van der Waals surface area contributed by atoms with Crippen LogP contribution < -0.4 is 5.32 Å². The third-order valence-corrected chi connectivity index (χ3v) is 3.35. The molecule has 0 aliphatic rings. The van der Waals surface area contributed by atoms with E-state index in [4.69, 9.17) is 0 Å². The Labute approximate surface area is 116 Å². The van der Waals surface area contributed by atoms with Gasteiger partial charge in [-0.25, -0.2) is 0 Å². The molecule has 0 fully saturated rings. The molecule has 2 heterocycles. The molecule has 0 radical (unpaired) electrons. The molecule has 20 heavy (non-hydrogen) atoms. The van der Waals surface area contributed by atoms with E-state index in [0.717, 1.165) is 22.2 Å². The van der Waals surface area contributed by atoms with Gasteiger partial charge in [0.05, 0.1) is 12.2 Å². The van der Waals surface area contributed by atoms with E-state index in [0.29, 0.717) is 12.1 Å². The first-order valence-corrected chi connectivity index (χ1v) is 6.50. The zero-order valence-corrected chi connectivity index (χ0v) is 11.2. The minimum atomic E-state index is -0.0912. The van der Waals surface area contributed by atoms with E-state index in [1.807, 2.05) is 49.5 Å². The Kier molecular flexibility index (Phi) is 3.21. The molecule has 0 unspecified atom stereocenters. The minimum absolute atomic E-state index is 0.0912. The highest BCUT2D eigenvalue weighted by Crippen LogP contribution is 2.14. The predicted octanol–water partition coefficient (Wildman–Crippen LogP) is 2.80. The van der Waals surface area contributed by atoms with Crippen molar-refractivity contribution in [1.82, 2.24) is 15.3 Å². The Morgan fingerprint density at radius 3 is 3.05 bits per heavy atom. The molecule has 0 aliphatic heterocycles. The largest absolute Gasteiger partial charge is 0.361 e. The molecule has 4 nitrogen and oxygen atoms in total. The number of nitrogens with one attached hydrogen (secondary N) is 2. The van der Waals surface area contributed by atoms with Gasteiger partial charge >= 0.3 is 0 Å². The molecule has 3 rings (SSSR count). The third kappa shape index (κ3) is 2.40. The monoisotopic (exact) mass is 265 g/mol. The molecule has 0 aliphatic carbocycles. The summed E-state index contributed by atoms with van der Waals surface area (Å²) in [6, 6.07) is 11.5.